The van der Waals surface area contributed by atoms with Crippen molar-refractivity contribution in [1.29, 1.82) is 0 Å². The maximum Gasteiger partial charge on any atom is 0.0892 e. The molecular formula is C16H32ClN. The molecule has 108 valence electrons. The van der Waals surface area contributed by atoms with Crippen LogP contribution in [0.25, 0.3) is 0 Å². The Labute approximate surface area is 120 Å². The van der Waals surface area contributed by atoms with Gasteiger partial charge in [-0.05, 0) is 65.2 Å². The number of nitrogens with zero attached hydrogens (tertiary/aromatic N) is 1. The maximum atomic E-state index is 2.45. The fourth-order valence-electron chi connectivity index (χ4n) is 4.75. The number of hydrogen-bond donors (Lipinski definition) is 0. The largest absolute Gasteiger partial charge is 1.00 e. The van der Waals surface area contributed by atoms with E-state index in [1.807, 2.05) is 0 Å². The van der Waals surface area contributed by atoms with Gasteiger partial charge in [-0.1, -0.05) is 12.8 Å². The van der Waals surface area contributed by atoms with E-state index in [9.17, 15) is 0 Å². The van der Waals surface area contributed by atoms with Crippen LogP contribution in [0.3, 0.4) is 0 Å². The Morgan fingerprint density at radius 1 is 0.667 bits per heavy atom. The normalized spacial score (nSPS) is 23.7. The third kappa shape index (κ3) is 3.22. The van der Waals surface area contributed by atoms with Crippen LogP contribution in [0.5, 0.6) is 0 Å². The minimum atomic E-state index is 0. The summed E-state index contributed by atoms with van der Waals surface area (Å²) in [6, 6.07) is 2.00. The van der Waals surface area contributed by atoms with Gasteiger partial charge >= 0.3 is 0 Å². The third-order valence-electron chi connectivity index (χ3n) is 5.78. The van der Waals surface area contributed by atoms with Gasteiger partial charge in [0.15, 0.2) is 0 Å². The molecule has 0 aromatic carbocycles. The van der Waals surface area contributed by atoms with Crippen molar-refractivity contribution in [2.24, 2.45) is 0 Å². The fraction of sp³-hybridized carbons (Fsp3) is 1.00. The van der Waals surface area contributed by atoms with Crippen molar-refractivity contribution in [3.8, 4) is 0 Å². The molecule has 0 N–H and O–H groups in total. The van der Waals surface area contributed by atoms with Crippen LogP contribution in [-0.4, -0.2) is 29.7 Å². The molecule has 2 heteroatoms. The van der Waals surface area contributed by atoms with E-state index in [0.29, 0.717) is 0 Å². The molecule has 2 aliphatic carbocycles. The van der Waals surface area contributed by atoms with Crippen molar-refractivity contribution in [2.45, 2.75) is 90.1 Å². The molecule has 0 aromatic heterocycles. The average molecular weight is 274 g/mol. The molecule has 0 spiro atoms. The van der Waals surface area contributed by atoms with Crippen molar-refractivity contribution >= 4 is 0 Å². The second-order valence-electron chi connectivity index (χ2n) is 6.32. The van der Waals surface area contributed by atoms with Crippen molar-refractivity contribution in [2.75, 3.05) is 13.1 Å². The smallest absolute Gasteiger partial charge is 0.0892 e. The van der Waals surface area contributed by atoms with Crippen LogP contribution in [-0.2, 0) is 0 Å². The van der Waals surface area contributed by atoms with Crippen molar-refractivity contribution in [1.82, 2.24) is 0 Å². The zero-order valence-electron chi connectivity index (χ0n) is 12.5. The molecular weight excluding hydrogens is 242 g/mol. The van der Waals surface area contributed by atoms with Gasteiger partial charge in [0.05, 0.1) is 25.2 Å². The van der Waals surface area contributed by atoms with Crippen LogP contribution in [0, 0.1) is 0 Å². The summed E-state index contributed by atoms with van der Waals surface area (Å²) in [4.78, 5) is 0. The van der Waals surface area contributed by atoms with Gasteiger partial charge in [-0.15, -0.1) is 0 Å². The van der Waals surface area contributed by atoms with E-state index in [2.05, 4.69) is 13.8 Å². The van der Waals surface area contributed by atoms with E-state index in [-0.39, 0.29) is 12.4 Å². The second kappa shape index (κ2) is 7.75. The highest BCUT2D eigenvalue weighted by Gasteiger charge is 2.41. The summed E-state index contributed by atoms with van der Waals surface area (Å²) in [5.41, 5.74) is 0. The Bertz CT molecular complexity index is 193. The van der Waals surface area contributed by atoms with Crippen LogP contribution < -0.4 is 12.4 Å². The molecule has 2 saturated carbocycles. The number of hydrogen-bond acceptors (Lipinski definition) is 0. The SMILES string of the molecule is CC[N+](CC)(C1CCCCC1)C1CCCCC1.[Cl-]. The Balaban J connectivity index is 0.00000162. The van der Waals surface area contributed by atoms with Gasteiger partial charge in [0.25, 0.3) is 0 Å². The predicted octanol–water partition coefficient (Wildman–Crippen LogP) is 1.51. The quantitative estimate of drug-likeness (QED) is 0.682. The number of quaternary nitrogens is 1. The van der Waals surface area contributed by atoms with E-state index < -0.39 is 0 Å². The molecule has 0 bridgehead atoms. The van der Waals surface area contributed by atoms with Gasteiger partial charge in [-0.25, -0.2) is 0 Å². The predicted molar refractivity (Wildman–Crippen MR) is 75.1 cm³/mol. The van der Waals surface area contributed by atoms with Crippen LogP contribution in [0.2, 0.25) is 0 Å². The Kier molecular flexibility index (Phi) is 7.02. The molecule has 0 unspecified atom stereocenters. The lowest BCUT2D eigenvalue weighted by Gasteiger charge is -2.51. The van der Waals surface area contributed by atoms with Crippen molar-refractivity contribution in [3.05, 3.63) is 0 Å². The lowest BCUT2D eigenvalue weighted by Crippen LogP contribution is -3.00. The molecule has 2 rings (SSSR count). The summed E-state index contributed by atoms with van der Waals surface area (Å²) in [5.74, 6) is 0. The molecule has 0 aliphatic heterocycles. The molecule has 0 heterocycles. The Hall–Kier alpha value is 0.250. The highest BCUT2D eigenvalue weighted by molar-refractivity contribution is 4.74. The van der Waals surface area contributed by atoms with E-state index in [1.165, 1.54) is 81.8 Å². The molecule has 18 heavy (non-hydrogen) atoms. The van der Waals surface area contributed by atoms with Crippen LogP contribution in [0.4, 0.5) is 0 Å². The first kappa shape index (κ1) is 16.3. The summed E-state index contributed by atoms with van der Waals surface area (Å²) in [5, 5.41) is 0. The Morgan fingerprint density at radius 3 is 1.28 bits per heavy atom. The lowest BCUT2D eigenvalue weighted by molar-refractivity contribution is -0.972. The summed E-state index contributed by atoms with van der Waals surface area (Å²) in [7, 11) is 0. The fourth-order valence-corrected chi connectivity index (χ4v) is 4.75. The first-order valence-corrected chi connectivity index (χ1v) is 8.20. The van der Waals surface area contributed by atoms with Gasteiger partial charge in [0.2, 0.25) is 0 Å². The van der Waals surface area contributed by atoms with Gasteiger partial charge < -0.3 is 16.9 Å². The van der Waals surface area contributed by atoms with Crippen LogP contribution in [0.1, 0.15) is 78.1 Å². The van der Waals surface area contributed by atoms with Gasteiger partial charge in [0.1, 0.15) is 0 Å². The van der Waals surface area contributed by atoms with Crippen molar-refractivity contribution in [3.63, 3.8) is 0 Å². The number of rotatable bonds is 4. The summed E-state index contributed by atoms with van der Waals surface area (Å²) >= 11 is 0. The highest BCUT2D eigenvalue weighted by atomic mass is 35.5. The maximum absolute atomic E-state index is 2.45. The number of halogens is 1. The lowest BCUT2D eigenvalue weighted by atomic mass is 9.85. The second-order valence-corrected chi connectivity index (χ2v) is 6.32. The van der Waals surface area contributed by atoms with E-state index in [1.54, 1.807) is 0 Å². The zero-order chi connectivity index (χ0) is 12.1. The molecule has 0 aromatic rings. The molecule has 0 amide bonds. The first-order chi connectivity index (χ1) is 8.33. The van der Waals surface area contributed by atoms with E-state index in [0.717, 1.165) is 12.1 Å². The van der Waals surface area contributed by atoms with Crippen LogP contribution in [0.15, 0.2) is 0 Å². The summed E-state index contributed by atoms with van der Waals surface area (Å²) < 4.78 is 1.47. The Morgan fingerprint density at radius 2 is 1.00 bits per heavy atom. The highest BCUT2D eigenvalue weighted by Crippen LogP contribution is 2.36. The van der Waals surface area contributed by atoms with Gasteiger partial charge in [0, 0.05) is 0 Å². The topological polar surface area (TPSA) is 0 Å². The molecule has 0 radical (unpaired) electrons. The molecule has 0 atom stereocenters. The monoisotopic (exact) mass is 273 g/mol. The molecule has 0 saturated heterocycles. The first-order valence-electron chi connectivity index (χ1n) is 8.20. The average Bonchev–Trinajstić information content (AvgIpc) is 2.43. The van der Waals surface area contributed by atoms with Gasteiger partial charge in [-0.3, -0.25) is 0 Å². The van der Waals surface area contributed by atoms with Gasteiger partial charge in [-0.2, -0.15) is 0 Å². The van der Waals surface area contributed by atoms with Crippen molar-refractivity contribution < 1.29 is 16.9 Å². The minimum absolute atomic E-state index is 0. The molecule has 2 aliphatic rings. The van der Waals surface area contributed by atoms with Crippen LogP contribution >= 0.6 is 0 Å². The molecule has 2 fully saturated rings. The standard InChI is InChI=1S/C16H32N.ClH/c1-3-17(4-2,15-11-7-5-8-12-15)16-13-9-6-10-14-16;/h15-16H,3-14H2,1-2H3;1H/q+1;/p-1. The summed E-state index contributed by atoms with van der Waals surface area (Å²) in [6.45, 7) is 7.66. The summed E-state index contributed by atoms with van der Waals surface area (Å²) in [6.07, 6.45) is 15.0. The third-order valence-corrected chi connectivity index (χ3v) is 5.78. The van der Waals surface area contributed by atoms with E-state index in [4.69, 9.17) is 0 Å². The zero-order valence-corrected chi connectivity index (χ0v) is 13.2. The van der Waals surface area contributed by atoms with E-state index >= 15 is 0 Å². The molecule has 1 nitrogen and oxygen atoms in total. The minimum Gasteiger partial charge on any atom is -1.00 e.